The highest BCUT2D eigenvalue weighted by Crippen LogP contribution is 2.19. The van der Waals surface area contributed by atoms with Gasteiger partial charge in [-0.3, -0.25) is 9.59 Å². The molecule has 0 aliphatic heterocycles. The lowest BCUT2D eigenvalue weighted by molar-refractivity contribution is -0.138. The molecule has 0 bridgehead atoms. The molecular weight excluding hydrogens is 256 g/mol. The highest BCUT2D eigenvalue weighted by atomic mass is 19.1. The fourth-order valence-corrected chi connectivity index (χ4v) is 1.56. The lowest BCUT2D eigenvalue weighted by Crippen LogP contribution is -2.48. The Balaban J connectivity index is 3.16. The van der Waals surface area contributed by atoms with Crippen LogP contribution in [0, 0.1) is 11.6 Å². The molecule has 4 nitrogen and oxygen atoms in total. The van der Waals surface area contributed by atoms with E-state index in [1.807, 2.05) is 0 Å². The maximum Gasteiger partial charge on any atom is 0.323 e. The molecule has 0 heterocycles. The molecule has 104 valence electrons. The molecule has 0 atom stereocenters. The summed E-state index contributed by atoms with van der Waals surface area (Å²) >= 11 is 0. The minimum Gasteiger partial charge on any atom is -0.480 e. The molecule has 1 rings (SSSR count). The summed E-state index contributed by atoms with van der Waals surface area (Å²) in [7, 11) is 0. The molecule has 0 saturated carbocycles. The van der Waals surface area contributed by atoms with Crippen molar-refractivity contribution in [3.8, 4) is 0 Å². The van der Waals surface area contributed by atoms with Crippen LogP contribution in [0.1, 0.15) is 31.1 Å². The van der Waals surface area contributed by atoms with Crippen molar-refractivity contribution < 1.29 is 23.5 Å². The monoisotopic (exact) mass is 271 g/mol. The Morgan fingerprint density at radius 3 is 2.26 bits per heavy atom. The van der Waals surface area contributed by atoms with E-state index in [0.29, 0.717) is 6.07 Å². The van der Waals surface area contributed by atoms with E-state index < -0.39 is 35.6 Å². The van der Waals surface area contributed by atoms with Crippen molar-refractivity contribution in [2.45, 2.75) is 26.3 Å². The van der Waals surface area contributed by atoms with Crippen LogP contribution in [0.5, 0.6) is 0 Å². The van der Waals surface area contributed by atoms with E-state index in [1.165, 1.54) is 0 Å². The van der Waals surface area contributed by atoms with E-state index in [-0.39, 0.29) is 5.56 Å². The van der Waals surface area contributed by atoms with Crippen molar-refractivity contribution in [1.82, 2.24) is 4.90 Å². The molecule has 0 radical (unpaired) electrons. The minimum atomic E-state index is -1.20. The van der Waals surface area contributed by atoms with Crippen LogP contribution in [0.3, 0.4) is 0 Å². The van der Waals surface area contributed by atoms with Gasteiger partial charge in [-0.1, -0.05) is 0 Å². The topological polar surface area (TPSA) is 57.6 Å². The number of carboxylic acids is 1. The first-order valence-electron chi connectivity index (χ1n) is 5.61. The third-order valence-electron chi connectivity index (χ3n) is 2.51. The molecular formula is C13H15F2NO3. The third-order valence-corrected chi connectivity index (χ3v) is 2.51. The zero-order valence-electron chi connectivity index (χ0n) is 10.9. The van der Waals surface area contributed by atoms with E-state index in [4.69, 9.17) is 5.11 Å². The van der Waals surface area contributed by atoms with Crippen LogP contribution in [-0.4, -0.2) is 34.0 Å². The predicted octanol–water partition coefficient (Wildman–Crippen LogP) is 2.29. The van der Waals surface area contributed by atoms with Crippen molar-refractivity contribution in [2.75, 3.05) is 6.54 Å². The average Bonchev–Trinajstić information content (AvgIpc) is 2.23. The van der Waals surface area contributed by atoms with Gasteiger partial charge >= 0.3 is 5.97 Å². The van der Waals surface area contributed by atoms with Crippen LogP contribution in [0.15, 0.2) is 18.2 Å². The van der Waals surface area contributed by atoms with Crippen LogP contribution >= 0.6 is 0 Å². The zero-order valence-corrected chi connectivity index (χ0v) is 10.9. The quantitative estimate of drug-likeness (QED) is 0.917. The second-order valence-corrected chi connectivity index (χ2v) is 5.08. The molecule has 1 aromatic carbocycles. The van der Waals surface area contributed by atoms with Crippen LogP contribution in [0.25, 0.3) is 0 Å². The Bertz CT molecular complexity index is 509. The number of amides is 1. The van der Waals surface area contributed by atoms with Gasteiger partial charge in [-0.2, -0.15) is 0 Å². The zero-order chi connectivity index (χ0) is 14.8. The molecule has 19 heavy (non-hydrogen) atoms. The maximum absolute atomic E-state index is 13.6. The maximum atomic E-state index is 13.6. The summed E-state index contributed by atoms with van der Waals surface area (Å²) in [4.78, 5) is 24.0. The van der Waals surface area contributed by atoms with Crippen molar-refractivity contribution >= 4 is 11.9 Å². The van der Waals surface area contributed by atoms with Gasteiger partial charge in [-0.25, -0.2) is 8.78 Å². The smallest absolute Gasteiger partial charge is 0.323 e. The molecule has 0 saturated heterocycles. The van der Waals surface area contributed by atoms with Crippen molar-refractivity contribution in [1.29, 1.82) is 0 Å². The van der Waals surface area contributed by atoms with E-state index in [9.17, 15) is 18.4 Å². The lowest BCUT2D eigenvalue weighted by atomic mass is 10.0. The number of carbonyl (C=O) groups excluding carboxylic acids is 1. The number of hydrogen-bond acceptors (Lipinski definition) is 2. The van der Waals surface area contributed by atoms with Gasteiger partial charge < -0.3 is 10.0 Å². The van der Waals surface area contributed by atoms with Gasteiger partial charge in [-0.15, -0.1) is 0 Å². The van der Waals surface area contributed by atoms with E-state index >= 15 is 0 Å². The Kier molecular flexibility index (Phi) is 4.24. The molecule has 1 aromatic rings. The van der Waals surface area contributed by atoms with Gasteiger partial charge in [0.05, 0.1) is 5.56 Å². The van der Waals surface area contributed by atoms with Crippen LogP contribution in [0.4, 0.5) is 8.78 Å². The van der Waals surface area contributed by atoms with Gasteiger partial charge in [0.1, 0.15) is 18.2 Å². The van der Waals surface area contributed by atoms with Gasteiger partial charge in [0.15, 0.2) is 0 Å². The SMILES string of the molecule is CC(C)(C)N(CC(=O)O)C(=O)c1ccc(F)cc1F. The number of nitrogens with zero attached hydrogens (tertiary/aromatic N) is 1. The number of hydrogen-bond donors (Lipinski definition) is 1. The van der Waals surface area contributed by atoms with Gasteiger partial charge in [-0.05, 0) is 32.9 Å². The summed E-state index contributed by atoms with van der Waals surface area (Å²) < 4.78 is 26.3. The van der Waals surface area contributed by atoms with Crippen LogP contribution in [-0.2, 0) is 4.79 Å². The van der Waals surface area contributed by atoms with Gasteiger partial charge in [0.25, 0.3) is 5.91 Å². The Morgan fingerprint density at radius 1 is 1.26 bits per heavy atom. The van der Waals surface area contributed by atoms with Crippen molar-refractivity contribution in [3.63, 3.8) is 0 Å². The molecule has 0 aliphatic carbocycles. The van der Waals surface area contributed by atoms with Crippen LogP contribution < -0.4 is 0 Å². The summed E-state index contributed by atoms with van der Waals surface area (Å²) in [6.45, 7) is 4.35. The minimum absolute atomic E-state index is 0.349. The highest BCUT2D eigenvalue weighted by Gasteiger charge is 2.30. The van der Waals surface area contributed by atoms with Crippen LogP contribution in [0.2, 0.25) is 0 Å². The number of halogens is 2. The first-order chi connectivity index (χ1) is 8.62. The molecule has 1 N–H and O–H groups in total. The fraction of sp³-hybridized carbons (Fsp3) is 0.385. The average molecular weight is 271 g/mol. The van der Waals surface area contributed by atoms with E-state index in [0.717, 1.165) is 17.0 Å². The summed E-state index contributed by atoms with van der Waals surface area (Å²) in [6, 6.07) is 2.56. The predicted molar refractivity (Wildman–Crippen MR) is 64.8 cm³/mol. The molecule has 0 aromatic heterocycles. The second kappa shape index (κ2) is 5.34. The number of rotatable bonds is 3. The summed E-state index contributed by atoms with van der Waals surface area (Å²) in [6.07, 6.45) is 0. The highest BCUT2D eigenvalue weighted by molar-refractivity contribution is 5.96. The fourth-order valence-electron chi connectivity index (χ4n) is 1.56. The largest absolute Gasteiger partial charge is 0.480 e. The molecule has 0 aliphatic rings. The Morgan fingerprint density at radius 2 is 1.84 bits per heavy atom. The van der Waals surface area contributed by atoms with Crippen molar-refractivity contribution in [3.05, 3.63) is 35.4 Å². The Labute approximate surface area is 109 Å². The number of carbonyl (C=O) groups is 2. The molecule has 1 amide bonds. The molecule has 0 spiro atoms. The number of carboxylic acid groups (broad SMARTS) is 1. The standard InChI is InChI=1S/C13H15F2NO3/c1-13(2,3)16(7-11(17)18)12(19)9-5-4-8(14)6-10(9)15/h4-6H,7H2,1-3H3,(H,17,18). The van der Waals surface area contributed by atoms with Crippen molar-refractivity contribution in [2.24, 2.45) is 0 Å². The number of aliphatic carboxylic acids is 1. The second-order valence-electron chi connectivity index (χ2n) is 5.08. The first kappa shape index (κ1) is 15.1. The summed E-state index contributed by atoms with van der Waals surface area (Å²) in [5, 5.41) is 8.81. The molecule has 6 heteroatoms. The molecule has 0 fully saturated rings. The number of benzene rings is 1. The van der Waals surface area contributed by atoms with Gasteiger partial charge in [0.2, 0.25) is 0 Å². The lowest BCUT2D eigenvalue weighted by Gasteiger charge is -2.34. The Hall–Kier alpha value is -1.98. The van der Waals surface area contributed by atoms with Gasteiger partial charge in [0, 0.05) is 11.6 Å². The first-order valence-corrected chi connectivity index (χ1v) is 5.61. The summed E-state index contributed by atoms with van der Waals surface area (Å²) in [5.74, 6) is -3.79. The van der Waals surface area contributed by atoms with E-state index in [1.54, 1.807) is 20.8 Å². The van der Waals surface area contributed by atoms with E-state index in [2.05, 4.69) is 0 Å². The summed E-state index contributed by atoms with van der Waals surface area (Å²) in [5.41, 5.74) is -1.14. The third kappa shape index (κ3) is 3.74. The molecule has 0 unspecified atom stereocenters. The normalized spacial score (nSPS) is 11.2.